The van der Waals surface area contributed by atoms with Crippen LogP contribution in [0.2, 0.25) is 12.1 Å². The van der Waals surface area contributed by atoms with Gasteiger partial charge in [0.25, 0.3) is 30.4 Å². The number of hydrogen-bond acceptors (Lipinski definition) is 27. The topological polar surface area (TPSA) is 345 Å². The van der Waals surface area contributed by atoms with E-state index in [0.29, 0.717) is 65.3 Å². The van der Waals surface area contributed by atoms with E-state index in [0.717, 1.165) is 76.3 Å². The largest absolute Gasteiger partial charge is 0.524 e. The summed E-state index contributed by atoms with van der Waals surface area (Å²) in [6, 6.07) is 1.51. The number of ether oxygens (including phenoxy) is 4. The summed E-state index contributed by atoms with van der Waals surface area (Å²) in [5.74, 6) is 0. The molecule has 0 aromatic rings. The minimum absolute atomic E-state index is 0.0233. The van der Waals surface area contributed by atoms with E-state index >= 15 is 0 Å². The van der Waals surface area contributed by atoms with Crippen molar-refractivity contribution >= 4 is 67.6 Å². The van der Waals surface area contributed by atoms with Crippen molar-refractivity contribution in [2.75, 3.05) is 169 Å². The highest BCUT2D eigenvalue weighted by Crippen LogP contribution is 2.36. The Kier molecular flexibility index (Phi) is 67.6. The predicted octanol–water partition coefficient (Wildman–Crippen LogP) is 8.20. The third-order valence-corrected chi connectivity index (χ3v) is 23.2. The monoisotopic (exact) mass is 1530 g/mol. The first kappa shape index (κ1) is 107. The molecule has 0 rings (SSSR count). The summed E-state index contributed by atoms with van der Waals surface area (Å²) in [7, 11) is -10.2. The Labute approximate surface area is 580 Å². The predicted molar refractivity (Wildman–Crippen MR) is 374 cm³/mol. The van der Waals surface area contributed by atoms with E-state index < -0.39 is 83.9 Å². The summed E-state index contributed by atoms with van der Waals surface area (Å²) >= 11 is 0. The number of aliphatic hydroxyl groups excluding tert-OH is 3. The van der Waals surface area contributed by atoms with Crippen molar-refractivity contribution in [3.63, 3.8) is 0 Å². The second-order valence-electron chi connectivity index (χ2n) is 21.0. The number of halogens is 3. The first-order valence-corrected chi connectivity index (χ1v) is 42.4. The van der Waals surface area contributed by atoms with Crippen LogP contribution in [0, 0.1) is 21.7 Å². The second-order valence-corrected chi connectivity index (χ2v) is 35.8. The van der Waals surface area contributed by atoms with Gasteiger partial charge in [-0.15, -0.1) is 43.1 Å². The summed E-state index contributed by atoms with van der Waals surface area (Å²) in [6.45, 7) is 36.9. The Morgan fingerprint density at radius 1 is 0.406 bits per heavy atom. The van der Waals surface area contributed by atoms with E-state index in [-0.39, 0.29) is 50.1 Å². The average Bonchev–Trinajstić information content (AvgIpc) is 1.05. The van der Waals surface area contributed by atoms with Gasteiger partial charge in [0.15, 0.2) is 0 Å². The maximum absolute atomic E-state index is 11.4. The van der Waals surface area contributed by atoms with Crippen LogP contribution in [0.5, 0.6) is 0 Å². The van der Waals surface area contributed by atoms with Gasteiger partial charge in [0.1, 0.15) is 0 Å². The molecule has 0 aromatic carbocycles. The molecule has 96 heavy (non-hydrogen) atoms. The van der Waals surface area contributed by atoms with Crippen molar-refractivity contribution in [2.45, 2.75) is 116 Å². The van der Waals surface area contributed by atoms with Gasteiger partial charge in [-0.3, -0.25) is 8.37 Å². The second kappa shape index (κ2) is 60.5. The zero-order valence-electron chi connectivity index (χ0n) is 60.4. The lowest BCUT2D eigenvalue weighted by molar-refractivity contribution is -0.0498. The number of rotatable bonds is 51. The van der Waals surface area contributed by atoms with E-state index in [4.69, 9.17) is 82.5 Å². The van der Waals surface area contributed by atoms with Crippen LogP contribution in [0.25, 0.3) is 0 Å². The van der Waals surface area contributed by atoms with Crippen molar-refractivity contribution in [1.29, 1.82) is 0 Å². The molecule has 0 radical (unpaired) electrons. The summed E-state index contributed by atoms with van der Waals surface area (Å²) in [5, 5.41) is 25.5. The Hall–Kier alpha value is -2.08. The average molecular weight is 1530 g/mol. The fourth-order valence-electron chi connectivity index (χ4n) is 8.11. The van der Waals surface area contributed by atoms with Crippen molar-refractivity contribution < 1.29 is 133 Å². The minimum atomic E-state index is -6.04. The molecule has 0 heterocycles. The van der Waals surface area contributed by atoms with Crippen molar-refractivity contribution in [1.82, 2.24) is 0 Å². The van der Waals surface area contributed by atoms with E-state index in [9.17, 15) is 46.8 Å². The smallest absolute Gasteiger partial charge is 0.397 e. The zero-order chi connectivity index (χ0) is 76.3. The molecular weight excluding hydrogens is 1410 g/mol. The zero-order valence-corrected chi connectivity index (χ0v) is 66.8. The van der Waals surface area contributed by atoms with Crippen LogP contribution in [-0.2, 0) is 111 Å². The molecule has 0 bridgehead atoms. The molecule has 3 N–H and O–H groups in total. The molecule has 0 unspecified atom stereocenters. The number of aliphatic hydroxyl groups is 3. The molecule has 578 valence electrons. The molecule has 0 saturated heterocycles. The van der Waals surface area contributed by atoms with Gasteiger partial charge in [-0.1, -0.05) is 36.5 Å². The highest BCUT2D eigenvalue weighted by molar-refractivity contribution is 8.00. The van der Waals surface area contributed by atoms with Gasteiger partial charge in [-0.25, -0.2) is 0 Å². The van der Waals surface area contributed by atoms with Gasteiger partial charge >= 0.3 is 42.8 Å². The van der Waals surface area contributed by atoms with E-state index in [2.05, 4.69) is 43.1 Å². The molecule has 0 aliphatic carbocycles. The summed E-state index contributed by atoms with van der Waals surface area (Å²) < 4.78 is 201. The molecule has 0 aliphatic rings. The number of hydrogen-bond donors (Lipinski definition) is 3. The molecule has 0 aliphatic heterocycles. The van der Waals surface area contributed by atoms with Gasteiger partial charge in [-0.05, 0) is 98.8 Å². The van der Waals surface area contributed by atoms with Crippen LogP contribution < -0.4 is 0 Å². The van der Waals surface area contributed by atoms with Gasteiger partial charge in [0.2, 0.25) is 0 Å². The number of alkyl halides is 3. The maximum atomic E-state index is 11.4. The Morgan fingerprint density at radius 2 is 0.646 bits per heavy atom. The van der Waals surface area contributed by atoms with Crippen molar-refractivity contribution in [2.24, 2.45) is 21.7 Å². The van der Waals surface area contributed by atoms with E-state index in [1.807, 2.05) is 39.8 Å². The number of allylic oxidation sites excluding steroid dienone is 6. The van der Waals surface area contributed by atoms with Crippen LogP contribution >= 0.6 is 0 Å². The SMILES string of the molecule is C=CCC(CC=C)(COCC)COCC.C=CCC(CC=C)(COS(C)(=O)=O)COS(C)(=O)=O.C=CCC(CO)(CO)CC=C.CCO.CCOCC(CCC[Si](OC)(OC)OC)(CCC[Si](OC)(OC)OC)COCC.CO[SiH](OC)OC.CS(=O)(=O)OS(=O)(=O)C(F)(F)F. The third kappa shape index (κ3) is 55.6. The molecule has 37 heteroatoms. The van der Waals surface area contributed by atoms with Crippen LogP contribution in [0.4, 0.5) is 13.2 Å². The fourth-order valence-corrected chi connectivity index (χ4v) is 14.7. The van der Waals surface area contributed by atoms with Gasteiger partial charge in [0, 0.05) is 131 Å². The Bertz CT molecular complexity index is 2260. The summed E-state index contributed by atoms with van der Waals surface area (Å²) in [6.07, 6.45) is 19.8. The molecule has 0 atom stereocenters. The van der Waals surface area contributed by atoms with Gasteiger partial charge in [0.05, 0.1) is 71.6 Å². The van der Waals surface area contributed by atoms with Crippen molar-refractivity contribution in [3.8, 4) is 0 Å². The highest BCUT2D eigenvalue weighted by atomic mass is 32.3. The molecule has 0 fully saturated rings. The van der Waals surface area contributed by atoms with E-state index in [1.165, 1.54) is 0 Å². The summed E-state index contributed by atoms with van der Waals surface area (Å²) in [5.41, 5.74) is -7.07. The molecule has 0 aromatic heterocycles. The quantitative estimate of drug-likeness (QED) is 0.0223. The first-order valence-electron chi connectivity index (χ1n) is 30.2. The molecule has 0 spiro atoms. The standard InChI is InChI=1S/C19H44O8Si2.C13H24O2.C11H20O6S2.C9H16O2.C3H10O3Si.C2H3F3O5S2.C2H6O/c1-9-26-17-19(18-27-10-2,13-11-15-28(20-3,21-4)22-5)14-12-16-29(23-6,24-7)25-8;1-5-9-13(10-6-2,11-14-7-3)12-15-8-4;1-5-7-11(8-6-2,9-16-18(3,12)13)10-17-19(4,14)15;1-3-5-9(7-10,8-11)6-4-2;1-4-7(5-2)6-3;1-11(6,7)10-12(8,9)2(3,4)5;1-2-3/h9-18H2,1-8H3;5-6H,1-2,7-12H2,3-4H3;5-6H,1-2,7-10H2,3-4H3;3-4,10-11H,1-2,5-8H2;7H,1-3H3;1H3;3H,2H2,1H3. The third-order valence-electron chi connectivity index (χ3n) is 13.1. The molecular formula is C59H123F3O27S4Si3. The van der Waals surface area contributed by atoms with Gasteiger partial charge in [-0.2, -0.15) is 46.8 Å². The molecule has 0 saturated carbocycles. The maximum Gasteiger partial charge on any atom is 0.524 e. The first-order chi connectivity index (χ1) is 44.6. The Morgan fingerprint density at radius 3 is 0.812 bits per heavy atom. The van der Waals surface area contributed by atoms with E-state index in [1.54, 1.807) is 95.2 Å². The van der Waals surface area contributed by atoms with Crippen molar-refractivity contribution in [3.05, 3.63) is 75.9 Å². The molecule has 27 nitrogen and oxygen atoms in total. The van der Waals surface area contributed by atoms with Crippen LogP contribution in [0.3, 0.4) is 0 Å². The van der Waals surface area contributed by atoms with Gasteiger partial charge < -0.3 is 74.1 Å². The van der Waals surface area contributed by atoms with Crippen LogP contribution in [0.1, 0.15) is 98.8 Å². The lowest BCUT2D eigenvalue weighted by Crippen LogP contribution is -2.44. The lowest BCUT2D eigenvalue weighted by Gasteiger charge is -2.35. The van der Waals surface area contributed by atoms with Crippen LogP contribution in [-0.4, -0.2) is 250 Å². The highest BCUT2D eigenvalue weighted by Gasteiger charge is 2.50. The van der Waals surface area contributed by atoms with Crippen LogP contribution in [0.15, 0.2) is 75.9 Å². The molecule has 0 amide bonds. The minimum Gasteiger partial charge on any atom is -0.397 e. The normalized spacial score (nSPS) is 12.4. The Balaban J connectivity index is -0.000000207. The summed E-state index contributed by atoms with van der Waals surface area (Å²) in [4.78, 5) is 0. The lowest BCUT2D eigenvalue weighted by atomic mass is 9.80. The fraction of sp³-hybridized carbons (Fsp3) is 0.797.